The summed E-state index contributed by atoms with van der Waals surface area (Å²) in [7, 11) is -4.41. The van der Waals surface area contributed by atoms with Gasteiger partial charge in [-0.2, -0.15) is 8.42 Å². The lowest BCUT2D eigenvalue weighted by atomic mass is 9.98. The standard InChI is InChI=1S/C20H17I3O7S/c1-11(2)7-12(20(25)30-14-5-3-13(21)4-6-14)8-18(24)29-15-9-16(22)19(17(23)10-15)31(26,27)28/h3-6,9-10,12H,1,7-8H2,2H3,(H,26,27,28). The van der Waals surface area contributed by atoms with Crippen LogP contribution in [0.5, 0.6) is 11.5 Å². The molecule has 0 saturated heterocycles. The maximum absolute atomic E-state index is 12.6. The maximum Gasteiger partial charge on any atom is 0.315 e. The summed E-state index contributed by atoms with van der Waals surface area (Å²) in [5.74, 6) is -1.58. The van der Waals surface area contributed by atoms with Crippen molar-refractivity contribution >= 4 is 89.8 Å². The molecule has 0 radical (unpaired) electrons. The van der Waals surface area contributed by atoms with Crippen molar-refractivity contribution in [1.29, 1.82) is 0 Å². The third kappa shape index (κ3) is 8.25. The van der Waals surface area contributed by atoms with Crippen molar-refractivity contribution in [3.05, 3.63) is 59.3 Å². The van der Waals surface area contributed by atoms with Crippen molar-refractivity contribution in [2.45, 2.75) is 24.7 Å². The molecule has 2 rings (SSSR count). The van der Waals surface area contributed by atoms with Crippen LogP contribution in [0.3, 0.4) is 0 Å². The molecular formula is C20H17I3O7S. The first-order valence-electron chi connectivity index (χ1n) is 8.65. The van der Waals surface area contributed by atoms with Gasteiger partial charge in [0, 0.05) is 10.7 Å². The van der Waals surface area contributed by atoms with E-state index in [9.17, 15) is 22.6 Å². The van der Waals surface area contributed by atoms with E-state index in [-0.39, 0.29) is 30.6 Å². The zero-order valence-corrected chi connectivity index (χ0v) is 23.4. The van der Waals surface area contributed by atoms with E-state index in [0.29, 0.717) is 11.3 Å². The average molecular weight is 782 g/mol. The van der Waals surface area contributed by atoms with Gasteiger partial charge < -0.3 is 9.47 Å². The van der Waals surface area contributed by atoms with Gasteiger partial charge in [0.15, 0.2) is 0 Å². The maximum atomic E-state index is 12.6. The van der Waals surface area contributed by atoms with Crippen LogP contribution in [0.15, 0.2) is 53.4 Å². The van der Waals surface area contributed by atoms with Crippen LogP contribution in [0.2, 0.25) is 0 Å². The summed E-state index contributed by atoms with van der Waals surface area (Å²) in [6, 6.07) is 9.56. The Balaban J connectivity index is 2.14. The van der Waals surface area contributed by atoms with Crippen molar-refractivity contribution in [3.63, 3.8) is 0 Å². The Hall–Kier alpha value is -0.780. The van der Waals surface area contributed by atoms with Gasteiger partial charge in [-0.15, -0.1) is 6.58 Å². The zero-order chi connectivity index (χ0) is 23.3. The smallest absolute Gasteiger partial charge is 0.315 e. The van der Waals surface area contributed by atoms with Gasteiger partial charge in [-0.3, -0.25) is 14.1 Å². The first-order valence-corrected chi connectivity index (χ1v) is 13.3. The quantitative estimate of drug-likeness (QED) is 0.129. The Kier molecular flexibility index (Phi) is 9.72. The second-order valence-electron chi connectivity index (χ2n) is 6.60. The second-order valence-corrected chi connectivity index (χ2v) is 11.5. The van der Waals surface area contributed by atoms with E-state index < -0.39 is 28.0 Å². The minimum Gasteiger partial charge on any atom is -0.426 e. The summed E-state index contributed by atoms with van der Waals surface area (Å²) in [4.78, 5) is 24.8. The summed E-state index contributed by atoms with van der Waals surface area (Å²) in [5.41, 5.74) is 0.707. The van der Waals surface area contributed by atoms with Crippen LogP contribution < -0.4 is 9.47 Å². The number of ether oxygens (including phenoxy) is 2. The number of esters is 2. The lowest BCUT2D eigenvalue weighted by Gasteiger charge is -2.16. The molecule has 2 aromatic rings. The van der Waals surface area contributed by atoms with Crippen LogP contribution >= 0.6 is 67.8 Å². The second kappa shape index (κ2) is 11.4. The van der Waals surface area contributed by atoms with E-state index in [1.807, 2.05) is 0 Å². The summed E-state index contributed by atoms with van der Waals surface area (Å²) >= 11 is 5.59. The summed E-state index contributed by atoms with van der Waals surface area (Å²) in [6.45, 7) is 5.55. The molecular weight excluding hydrogens is 765 g/mol. The van der Waals surface area contributed by atoms with Crippen LogP contribution in [0.1, 0.15) is 19.8 Å². The molecule has 1 N–H and O–H groups in total. The topological polar surface area (TPSA) is 107 Å². The molecule has 31 heavy (non-hydrogen) atoms. The number of carbonyl (C=O) groups is 2. The average Bonchev–Trinajstić information content (AvgIpc) is 2.60. The molecule has 0 spiro atoms. The fraction of sp³-hybridized carbons (Fsp3) is 0.200. The Labute approximate surface area is 221 Å². The van der Waals surface area contributed by atoms with E-state index in [2.05, 4.69) is 29.2 Å². The lowest BCUT2D eigenvalue weighted by Crippen LogP contribution is -2.25. The minimum absolute atomic E-state index is 0.103. The summed E-state index contributed by atoms with van der Waals surface area (Å²) in [6.07, 6.45) is -0.00165. The molecule has 166 valence electrons. The molecule has 0 heterocycles. The number of rotatable bonds is 8. The van der Waals surface area contributed by atoms with E-state index in [1.165, 1.54) is 12.1 Å². The van der Waals surface area contributed by atoms with Crippen LogP contribution in [0.4, 0.5) is 0 Å². The molecule has 1 atom stereocenters. The van der Waals surface area contributed by atoms with Gasteiger partial charge in [-0.05, 0) is 118 Å². The van der Waals surface area contributed by atoms with Gasteiger partial charge in [0.2, 0.25) is 0 Å². The molecule has 0 aliphatic rings. The monoisotopic (exact) mass is 782 g/mol. The van der Waals surface area contributed by atoms with Crippen molar-refractivity contribution in [2.75, 3.05) is 0 Å². The largest absolute Gasteiger partial charge is 0.426 e. The third-order valence-corrected chi connectivity index (χ3v) is 7.94. The molecule has 11 heteroatoms. The first-order chi connectivity index (χ1) is 14.4. The van der Waals surface area contributed by atoms with Crippen molar-refractivity contribution < 1.29 is 32.0 Å². The number of halogens is 3. The molecule has 0 amide bonds. The molecule has 0 fully saturated rings. The van der Waals surface area contributed by atoms with E-state index in [1.54, 1.807) is 76.4 Å². The van der Waals surface area contributed by atoms with Gasteiger partial charge in [0.25, 0.3) is 10.1 Å². The Bertz CT molecular complexity index is 1090. The number of allylic oxidation sites excluding steroid dienone is 1. The van der Waals surface area contributed by atoms with Crippen molar-refractivity contribution in [1.82, 2.24) is 0 Å². The van der Waals surface area contributed by atoms with Crippen LogP contribution in [0.25, 0.3) is 0 Å². The van der Waals surface area contributed by atoms with Crippen LogP contribution in [-0.2, 0) is 19.7 Å². The fourth-order valence-electron chi connectivity index (χ4n) is 2.58. The Morgan fingerprint density at radius 3 is 2.03 bits per heavy atom. The predicted molar refractivity (Wildman–Crippen MR) is 140 cm³/mol. The van der Waals surface area contributed by atoms with Gasteiger partial charge in [0.1, 0.15) is 16.4 Å². The van der Waals surface area contributed by atoms with Crippen LogP contribution in [-0.4, -0.2) is 24.9 Å². The predicted octanol–water partition coefficient (Wildman–Crippen LogP) is 5.23. The third-order valence-electron chi connectivity index (χ3n) is 3.83. The summed E-state index contributed by atoms with van der Waals surface area (Å²) < 4.78 is 44.4. The van der Waals surface area contributed by atoms with Gasteiger partial charge in [-0.1, -0.05) is 5.57 Å². The van der Waals surface area contributed by atoms with E-state index in [4.69, 9.17) is 9.47 Å². The number of benzene rings is 2. The lowest BCUT2D eigenvalue weighted by molar-refractivity contribution is -0.145. The molecule has 0 saturated carbocycles. The van der Waals surface area contributed by atoms with Gasteiger partial charge >= 0.3 is 11.9 Å². The van der Waals surface area contributed by atoms with Gasteiger partial charge in [-0.25, -0.2) is 0 Å². The normalized spacial score (nSPS) is 12.2. The minimum atomic E-state index is -4.41. The molecule has 2 aromatic carbocycles. The van der Waals surface area contributed by atoms with E-state index >= 15 is 0 Å². The van der Waals surface area contributed by atoms with Gasteiger partial charge in [0.05, 0.1) is 12.3 Å². The molecule has 0 bridgehead atoms. The highest BCUT2D eigenvalue weighted by Crippen LogP contribution is 2.30. The molecule has 1 unspecified atom stereocenters. The highest BCUT2D eigenvalue weighted by molar-refractivity contribution is 14.1. The molecule has 0 aliphatic heterocycles. The van der Waals surface area contributed by atoms with Crippen molar-refractivity contribution in [2.24, 2.45) is 5.92 Å². The Morgan fingerprint density at radius 1 is 1.00 bits per heavy atom. The van der Waals surface area contributed by atoms with Crippen LogP contribution in [0, 0.1) is 16.6 Å². The SMILES string of the molecule is C=C(C)CC(CC(=O)Oc1cc(I)c(S(=O)(=O)O)c(I)c1)C(=O)Oc1ccc(I)cc1. The fourth-order valence-corrected chi connectivity index (χ4v) is 6.93. The zero-order valence-electron chi connectivity index (χ0n) is 16.1. The highest BCUT2D eigenvalue weighted by atomic mass is 127. The molecule has 0 aliphatic carbocycles. The Morgan fingerprint density at radius 2 is 1.55 bits per heavy atom. The first kappa shape index (κ1) is 26.5. The van der Waals surface area contributed by atoms with E-state index in [0.717, 1.165) is 3.57 Å². The highest BCUT2D eigenvalue weighted by Gasteiger charge is 2.26. The molecule has 7 nitrogen and oxygen atoms in total. The molecule has 0 aromatic heterocycles. The number of hydrogen-bond acceptors (Lipinski definition) is 6. The van der Waals surface area contributed by atoms with Crippen molar-refractivity contribution in [3.8, 4) is 11.5 Å². The number of hydrogen-bond donors (Lipinski definition) is 1. The summed E-state index contributed by atoms with van der Waals surface area (Å²) in [5, 5.41) is 0. The number of carbonyl (C=O) groups excluding carboxylic acids is 2.